The maximum atomic E-state index is 12.4. The molecular formula is C13H25N3O. The molecule has 17 heavy (non-hydrogen) atoms. The molecule has 4 heteroatoms. The van der Waals surface area contributed by atoms with E-state index in [2.05, 4.69) is 29.1 Å². The molecule has 2 rings (SSSR count). The molecule has 2 heterocycles. The summed E-state index contributed by atoms with van der Waals surface area (Å²) in [6.07, 6.45) is 4.39. The van der Waals surface area contributed by atoms with Crippen molar-refractivity contribution in [1.29, 1.82) is 0 Å². The van der Waals surface area contributed by atoms with Crippen LogP contribution in [0, 0.1) is 0 Å². The lowest BCUT2D eigenvalue weighted by Crippen LogP contribution is -2.54. The van der Waals surface area contributed by atoms with E-state index in [1.54, 1.807) is 0 Å². The number of likely N-dealkylation sites (tertiary alicyclic amines) is 2. The van der Waals surface area contributed by atoms with Gasteiger partial charge in [0.25, 0.3) is 0 Å². The summed E-state index contributed by atoms with van der Waals surface area (Å²) >= 11 is 0. The molecular weight excluding hydrogens is 214 g/mol. The number of piperidine rings is 1. The molecule has 2 aliphatic heterocycles. The Morgan fingerprint density at radius 2 is 2.18 bits per heavy atom. The number of likely N-dealkylation sites (N-methyl/N-ethyl adjacent to an activating group) is 1. The van der Waals surface area contributed by atoms with Gasteiger partial charge < -0.3 is 15.1 Å². The molecule has 2 fully saturated rings. The van der Waals surface area contributed by atoms with Crippen LogP contribution in [0.3, 0.4) is 0 Å². The van der Waals surface area contributed by atoms with Crippen LogP contribution in [0.4, 0.5) is 0 Å². The van der Waals surface area contributed by atoms with E-state index in [0.717, 1.165) is 51.9 Å². The van der Waals surface area contributed by atoms with Gasteiger partial charge in [0.1, 0.15) is 0 Å². The standard InChI is InChI=1S/C13H25N3O/c1-3-7-14-12-5-4-8-16(13(12)17)11-6-9-15(2)10-11/h11-12,14H,3-10H2,1-2H3. The first-order valence-corrected chi connectivity index (χ1v) is 6.94. The summed E-state index contributed by atoms with van der Waals surface area (Å²) in [6.45, 7) is 6.23. The summed E-state index contributed by atoms with van der Waals surface area (Å²) in [6, 6.07) is 0.535. The second kappa shape index (κ2) is 5.83. The summed E-state index contributed by atoms with van der Waals surface area (Å²) in [7, 11) is 2.14. The van der Waals surface area contributed by atoms with Crippen molar-refractivity contribution in [3.63, 3.8) is 0 Å². The molecule has 0 aliphatic carbocycles. The fraction of sp³-hybridized carbons (Fsp3) is 0.923. The number of carbonyl (C=O) groups excluding carboxylic acids is 1. The predicted molar refractivity (Wildman–Crippen MR) is 68.9 cm³/mol. The lowest BCUT2D eigenvalue weighted by atomic mass is 10.0. The zero-order valence-electron chi connectivity index (χ0n) is 11.1. The minimum absolute atomic E-state index is 0.0783. The molecule has 0 radical (unpaired) electrons. The molecule has 2 saturated heterocycles. The van der Waals surface area contributed by atoms with Crippen molar-refractivity contribution in [3.8, 4) is 0 Å². The van der Waals surface area contributed by atoms with E-state index in [4.69, 9.17) is 0 Å². The first kappa shape index (κ1) is 12.8. The van der Waals surface area contributed by atoms with Crippen LogP contribution < -0.4 is 5.32 Å². The number of amides is 1. The van der Waals surface area contributed by atoms with Gasteiger partial charge in [-0.25, -0.2) is 0 Å². The van der Waals surface area contributed by atoms with Crippen molar-refractivity contribution in [2.24, 2.45) is 0 Å². The Hall–Kier alpha value is -0.610. The van der Waals surface area contributed by atoms with E-state index in [1.807, 2.05) is 0 Å². The summed E-state index contributed by atoms with van der Waals surface area (Å²) in [5.41, 5.74) is 0. The molecule has 0 aromatic heterocycles. The van der Waals surface area contributed by atoms with E-state index in [1.165, 1.54) is 0 Å². The Morgan fingerprint density at radius 1 is 1.35 bits per heavy atom. The lowest BCUT2D eigenvalue weighted by Gasteiger charge is -2.36. The topological polar surface area (TPSA) is 35.6 Å². The summed E-state index contributed by atoms with van der Waals surface area (Å²) < 4.78 is 0. The van der Waals surface area contributed by atoms with E-state index in [0.29, 0.717) is 11.9 Å². The third-order valence-corrected chi connectivity index (χ3v) is 3.92. The molecule has 2 unspecified atom stereocenters. The first-order valence-electron chi connectivity index (χ1n) is 6.94. The number of carbonyl (C=O) groups is 1. The third kappa shape index (κ3) is 2.99. The Bertz CT molecular complexity index is 269. The number of hydrogen-bond acceptors (Lipinski definition) is 3. The average Bonchev–Trinajstić information content (AvgIpc) is 2.74. The highest BCUT2D eigenvalue weighted by Crippen LogP contribution is 2.20. The molecule has 4 nitrogen and oxygen atoms in total. The molecule has 0 aromatic rings. The minimum Gasteiger partial charge on any atom is -0.337 e. The predicted octanol–water partition coefficient (Wildman–Crippen LogP) is 0.681. The smallest absolute Gasteiger partial charge is 0.240 e. The second-order valence-corrected chi connectivity index (χ2v) is 5.39. The zero-order chi connectivity index (χ0) is 12.3. The molecule has 98 valence electrons. The maximum absolute atomic E-state index is 12.4. The van der Waals surface area contributed by atoms with Gasteiger partial charge in [-0.2, -0.15) is 0 Å². The van der Waals surface area contributed by atoms with Crippen LogP contribution in [0.15, 0.2) is 0 Å². The fourth-order valence-electron chi connectivity index (χ4n) is 2.94. The van der Waals surface area contributed by atoms with Crippen molar-refractivity contribution in [1.82, 2.24) is 15.1 Å². The Kier molecular flexibility index (Phi) is 4.40. The van der Waals surface area contributed by atoms with Crippen LogP contribution in [-0.4, -0.2) is 61.0 Å². The van der Waals surface area contributed by atoms with Crippen LogP contribution in [0.1, 0.15) is 32.6 Å². The van der Waals surface area contributed by atoms with Crippen molar-refractivity contribution in [2.45, 2.75) is 44.7 Å². The monoisotopic (exact) mass is 239 g/mol. The van der Waals surface area contributed by atoms with Gasteiger partial charge in [0.2, 0.25) is 5.91 Å². The maximum Gasteiger partial charge on any atom is 0.240 e. The normalized spacial score (nSPS) is 31.2. The SMILES string of the molecule is CCCNC1CCCN(C2CCN(C)C2)C1=O. The van der Waals surface area contributed by atoms with Gasteiger partial charge in [-0.15, -0.1) is 0 Å². The van der Waals surface area contributed by atoms with Gasteiger partial charge >= 0.3 is 0 Å². The van der Waals surface area contributed by atoms with Crippen LogP contribution >= 0.6 is 0 Å². The van der Waals surface area contributed by atoms with Gasteiger partial charge in [0.15, 0.2) is 0 Å². The summed E-state index contributed by atoms with van der Waals surface area (Å²) in [5.74, 6) is 0.338. The van der Waals surface area contributed by atoms with Gasteiger partial charge in [-0.05, 0) is 45.8 Å². The molecule has 1 amide bonds. The molecule has 2 aliphatic rings. The molecule has 0 bridgehead atoms. The van der Waals surface area contributed by atoms with Crippen LogP contribution in [-0.2, 0) is 4.79 Å². The zero-order valence-corrected chi connectivity index (χ0v) is 11.1. The number of nitrogens with one attached hydrogen (secondary N) is 1. The highest BCUT2D eigenvalue weighted by molar-refractivity contribution is 5.83. The highest BCUT2D eigenvalue weighted by atomic mass is 16.2. The minimum atomic E-state index is 0.0783. The summed E-state index contributed by atoms with van der Waals surface area (Å²) in [4.78, 5) is 16.8. The van der Waals surface area contributed by atoms with Gasteiger partial charge in [-0.3, -0.25) is 4.79 Å². The van der Waals surface area contributed by atoms with Crippen LogP contribution in [0.25, 0.3) is 0 Å². The molecule has 0 aromatic carbocycles. The van der Waals surface area contributed by atoms with E-state index in [-0.39, 0.29) is 6.04 Å². The Labute approximate surface area is 104 Å². The third-order valence-electron chi connectivity index (χ3n) is 3.92. The molecule has 1 N–H and O–H groups in total. The van der Waals surface area contributed by atoms with Crippen molar-refractivity contribution in [2.75, 3.05) is 33.2 Å². The van der Waals surface area contributed by atoms with Gasteiger partial charge in [0, 0.05) is 19.1 Å². The van der Waals surface area contributed by atoms with Gasteiger partial charge in [-0.1, -0.05) is 6.92 Å². The van der Waals surface area contributed by atoms with Crippen LogP contribution in [0.5, 0.6) is 0 Å². The van der Waals surface area contributed by atoms with Crippen molar-refractivity contribution >= 4 is 5.91 Å². The Morgan fingerprint density at radius 3 is 2.82 bits per heavy atom. The lowest BCUT2D eigenvalue weighted by molar-refractivity contribution is -0.138. The summed E-state index contributed by atoms with van der Waals surface area (Å²) in [5, 5.41) is 3.38. The average molecular weight is 239 g/mol. The largest absolute Gasteiger partial charge is 0.337 e. The Balaban J connectivity index is 1.91. The van der Waals surface area contributed by atoms with E-state index in [9.17, 15) is 4.79 Å². The second-order valence-electron chi connectivity index (χ2n) is 5.39. The highest BCUT2D eigenvalue weighted by Gasteiger charge is 2.35. The number of hydrogen-bond donors (Lipinski definition) is 1. The molecule has 0 spiro atoms. The molecule has 2 atom stereocenters. The van der Waals surface area contributed by atoms with E-state index >= 15 is 0 Å². The first-order chi connectivity index (χ1) is 8.22. The van der Waals surface area contributed by atoms with Crippen molar-refractivity contribution in [3.05, 3.63) is 0 Å². The van der Waals surface area contributed by atoms with E-state index < -0.39 is 0 Å². The number of nitrogens with zero attached hydrogens (tertiary/aromatic N) is 2. The quantitative estimate of drug-likeness (QED) is 0.784. The van der Waals surface area contributed by atoms with Crippen molar-refractivity contribution < 1.29 is 4.79 Å². The fourth-order valence-corrected chi connectivity index (χ4v) is 2.94. The number of rotatable bonds is 4. The van der Waals surface area contributed by atoms with Crippen LogP contribution in [0.2, 0.25) is 0 Å². The molecule has 0 saturated carbocycles. The van der Waals surface area contributed by atoms with Gasteiger partial charge in [0.05, 0.1) is 6.04 Å².